The number of methoxy groups -OCH3 is 1. The maximum Gasteiger partial charge on any atom is 0.162 e. The fourth-order valence-corrected chi connectivity index (χ4v) is 5.92. The van der Waals surface area contributed by atoms with Gasteiger partial charge in [0.25, 0.3) is 0 Å². The number of ether oxygens (including phenoxy) is 2. The van der Waals surface area contributed by atoms with Crippen LogP contribution in [0.15, 0.2) is 83.3 Å². The first-order valence-corrected chi connectivity index (χ1v) is 13.6. The van der Waals surface area contributed by atoms with Crippen LogP contribution in [-0.2, 0) is 11.4 Å². The highest BCUT2D eigenvalue weighted by Crippen LogP contribution is 2.50. The Labute approximate surface area is 240 Å². The van der Waals surface area contributed by atoms with Crippen LogP contribution in [0.5, 0.6) is 11.5 Å². The Morgan fingerprint density at radius 3 is 2.32 bits per heavy atom. The summed E-state index contributed by atoms with van der Waals surface area (Å²) in [6.45, 7) is 8.43. The first-order chi connectivity index (χ1) is 19.5. The van der Waals surface area contributed by atoms with Crippen molar-refractivity contribution in [1.29, 1.82) is 5.26 Å². The van der Waals surface area contributed by atoms with E-state index in [0.717, 1.165) is 33.7 Å². The topological polar surface area (TPSA) is 88.6 Å². The summed E-state index contributed by atoms with van der Waals surface area (Å²) in [7, 11) is 1.62. The zero-order valence-electron chi connectivity index (χ0n) is 24.0. The molecule has 3 aromatic rings. The van der Waals surface area contributed by atoms with Crippen LogP contribution in [0.1, 0.15) is 54.9 Å². The van der Waals surface area contributed by atoms with E-state index in [9.17, 15) is 14.4 Å². The highest BCUT2D eigenvalue weighted by atomic mass is 19.1. The second-order valence-electron chi connectivity index (χ2n) is 11.6. The normalized spacial score (nSPS) is 18.2. The molecule has 1 aliphatic carbocycles. The minimum absolute atomic E-state index is 0.00961. The van der Waals surface area contributed by atoms with Crippen molar-refractivity contribution in [2.45, 2.75) is 53.1 Å². The van der Waals surface area contributed by atoms with Gasteiger partial charge in [-0.2, -0.15) is 5.26 Å². The number of hydrogen-bond donors (Lipinski definition) is 1. The minimum atomic E-state index is -0.615. The van der Waals surface area contributed by atoms with E-state index < -0.39 is 5.92 Å². The fraction of sp³-hybridized carbons (Fsp3) is 0.294. The molecule has 1 heterocycles. The molecule has 1 aliphatic heterocycles. The molecule has 1 unspecified atom stereocenters. The van der Waals surface area contributed by atoms with Crippen LogP contribution in [-0.4, -0.2) is 12.9 Å². The number of aryl methyl sites for hydroxylation is 2. The summed E-state index contributed by atoms with van der Waals surface area (Å²) in [6.07, 6.45) is 0.941. The number of Topliss-reactive ketones (excluding diaryl/α,β-unsaturated/α-hetero) is 1. The Morgan fingerprint density at radius 1 is 1.02 bits per heavy atom. The average Bonchev–Trinajstić information content (AvgIpc) is 2.92. The standard InChI is InChI=1S/C34H34FN3O3/c1-20-14-21(2)27(15-22(20)19-41-26-12-10-25(40-5)11-13-26)31-28(18-36)33(37)38(24-8-6-23(35)7-9-24)29-16-34(3,4)17-30(39)32(29)31/h6-15,31H,16-17,19,37H2,1-5H3. The predicted octanol–water partition coefficient (Wildman–Crippen LogP) is 6.97. The molecule has 0 radical (unpaired) electrons. The molecule has 0 aromatic heterocycles. The fourth-order valence-electron chi connectivity index (χ4n) is 5.92. The number of carbonyl (C=O) groups excluding carboxylic acids is 1. The van der Waals surface area contributed by atoms with Crippen LogP contribution >= 0.6 is 0 Å². The molecule has 0 amide bonds. The summed E-state index contributed by atoms with van der Waals surface area (Å²) in [4.78, 5) is 15.7. The first kappa shape index (κ1) is 28.0. The number of nitrogens with two attached hydrogens (primary N) is 1. The monoisotopic (exact) mass is 551 g/mol. The average molecular weight is 552 g/mol. The van der Waals surface area contributed by atoms with Gasteiger partial charge in [-0.15, -0.1) is 0 Å². The molecule has 0 saturated heterocycles. The summed E-state index contributed by atoms with van der Waals surface area (Å²) in [5, 5.41) is 10.4. The van der Waals surface area contributed by atoms with Crippen LogP contribution in [0.4, 0.5) is 10.1 Å². The van der Waals surface area contributed by atoms with E-state index >= 15 is 0 Å². The molecule has 0 fully saturated rings. The number of halogens is 1. The molecule has 210 valence electrons. The van der Waals surface area contributed by atoms with Crippen molar-refractivity contribution in [1.82, 2.24) is 0 Å². The summed E-state index contributed by atoms with van der Waals surface area (Å²) in [6, 6.07) is 19.8. The lowest BCUT2D eigenvalue weighted by molar-refractivity contribution is -0.118. The Balaban J connectivity index is 1.63. The number of benzene rings is 3. The van der Waals surface area contributed by atoms with Gasteiger partial charge in [-0.25, -0.2) is 4.39 Å². The van der Waals surface area contributed by atoms with Crippen molar-refractivity contribution in [3.63, 3.8) is 0 Å². The largest absolute Gasteiger partial charge is 0.497 e. The van der Waals surface area contributed by atoms with Gasteiger partial charge in [0.1, 0.15) is 29.7 Å². The Kier molecular flexibility index (Phi) is 7.35. The van der Waals surface area contributed by atoms with Gasteiger partial charge >= 0.3 is 0 Å². The molecule has 3 aromatic carbocycles. The molecule has 41 heavy (non-hydrogen) atoms. The van der Waals surface area contributed by atoms with Gasteiger partial charge in [-0.05, 0) is 96.5 Å². The van der Waals surface area contributed by atoms with E-state index in [1.807, 2.05) is 44.2 Å². The van der Waals surface area contributed by atoms with E-state index in [2.05, 4.69) is 26.0 Å². The second kappa shape index (κ2) is 10.8. The molecule has 6 nitrogen and oxygen atoms in total. The lowest BCUT2D eigenvalue weighted by Crippen LogP contribution is -2.42. The van der Waals surface area contributed by atoms with Gasteiger partial charge in [0, 0.05) is 23.4 Å². The molecular weight excluding hydrogens is 517 g/mol. The number of anilines is 1. The van der Waals surface area contributed by atoms with Crippen molar-refractivity contribution in [2.75, 3.05) is 12.0 Å². The number of rotatable bonds is 6. The maximum atomic E-state index is 13.9. The molecule has 5 rings (SSSR count). The third kappa shape index (κ3) is 5.30. The number of hydrogen-bond acceptors (Lipinski definition) is 6. The van der Waals surface area contributed by atoms with Crippen LogP contribution < -0.4 is 20.1 Å². The maximum absolute atomic E-state index is 13.9. The van der Waals surface area contributed by atoms with E-state index in [0.29, 0.717) is 42.0 Å². The van der Waals surface area contributed by atoms with Crippen molar-refractivity contribution in [2.24, 2.45) is 11.1 Å². The van der Waals surface area contributed by atoms with Crippen LogP contribution in [0.25, 0.3) is 0 Å². The van der Waals surface area contributed by atoms with Gasteiger partial charge in [0.2, 0.25) is 0 Å². The molecular formula is C34H34FN3O3. The smallest absolute Gasteiger partial charge is 0.162 e. The van der Waals surface area contributed by atoms with Gasteiger partial charge < -0.3 is 15.2 Å². The number of ketones is 1. The molecule has 2 aliphatic rings. The van der Waals surface area contributed by atoms with E-state index in [-0.39, 0.29) is 22.8 Å². The van der Waals surface area contributed by atoms with Crippen molar-refractivity contribution >= 4 is 11.5 Å². The third-order valence-corrected chi connectivity index (χ3v) is 7.96. The first-order valence-electron chi connectivity index (χ1n) is 13.6. The highest BCUT2D eigenvalue weighted by molar-refractivity contribution is 6.01. The predicted molar refractivity (Wildman–Crippen MR) is 157 cm³/mol. The minimum Gasteiger partial charge on any atom is -0.497 e. The summed E-state index contributed by atoms with van der Waals surface area (Å²) >= 11 is 0. The Hall–Kier alpha value is -4.57. The molecule has 0 saturated carbocycles. The summed E-state index contributed by atoms with van der Waals surface area (Å²) < 4.78 is 25.1. The Morgan fingerprint density at radius 2 is 1.68 bits per heavy atom. The van der Waals surface area contributed by atoms with Crippen LogP contribution in [0.3, 0.4) is 0 Å². The lowest BCUT2D eigenvalue weighted by atomic mass is 9.68. The second-order valence-corrected chi connectivity index (χ2v) is 11.6. The Bertz CT molecular complexity index is 1610. The quantitative estimate of drug-likeness (QED) is 0.356. The van der Waals surface area contributed by atoms with E-state index in [1.165, 1.54) is 12.1 Å². The van der Waals surface area contributed by atoms with Gasteiger partial charge in [-0.3, -0.25) is 9.69 Å². The SMILES string of the molecule is COc1ccc(OCc2cc(C3C(C#N)=C(N)N(c4ccc(F)cc4)C4=C3C(=O)CC(C)(C)C4)c(C)cc2C)cc1. The van der Waals surface area contributed by atoms with E-state index in [4.69, 9.17) is 15.2 Å². The molecule has 0 spiro atoms. The number of carbonyl (C=O) groups is 1. The van der Waals surface area contributed by atoms with Gasteiger partial charge in [-0.1, -0.05) is 26.0 Å². The number of nitrogens with zero attached hydrogens (tertiary/aromatic N) is 2. The van der Waals surface area contributed by atoms with Crippen molar-refractivity contribution in [3.8, 4) is 17.6 Å². The van der Waals surface area contributed by atoms with Gasteiger partial charge in [0.05, 0.1) is 24.7 Å². The van der Waals surface area contributed by atoms with Crippen molar-refractivity contribution < 1.29 is 18.7 Å². The number of allylic oxidation sites excluding steroid dienone is 3. The zero-order chi connectivity index (χ0) is 29.5. The zero-order valence-corrected chi connectivity index (χ0v) is 24.0. The highest BCUT2D eigenvalue weighted by Gasteiger charge is 2.45. The molecule has 1 atom stereocenters. The van der Waals surface area contributed by atoms with E-state index in [1.54, 1.807) is 24.1 Å². The summed E-state index contributed by atoms with van der Waals surface area (Å²) in [5.74, 6) is 0.706. The van der Waals surface area contributed by atoms with Crippen molar-refractivity contribution in [3.05, 3.63) is 111 Å². The van der Waals surface area contributed by atoms with Crippen LogP contribution in [0, 0.1) is 36.4 Å². The third-order valence-electron chi connectivity index (χ3n) is 7.96. The summed E-state index contributed by atoms with van der Waals surface area (Å²) in [5.41, 5.74) is 12.5. The molecule has 2 N–H and O–H groups in total. The lowest BCUT2D eigenvalue weighted by Gasteiger charge is -2.44. The van der Waals surface area contributed by atoms with Gasteiger partial charge in [0.15, 0.2) is 5.78 Å². The molecule has 7 heteroatoms. The van der Waals surface area contributed by atoms with Crippen LogP contribution in [0.2, 0.25) is 0 Å². The number of nitriles is 1. The molecule has 0 bridgehead atoms.